The van der Waals surface area contributed by atoms with Crippen LogP contribution in [-0.4, -0.2) is 25.1 Å². The van der Waals surface area contributed by atoms with Crippen molar-refractivity contribution in [3.05, 3.63) is 95.0 Å². The first-order valence-corrected chi connectivity index (χ1v) is 9.43. The normalized spacial score (nSPS) is 10.2. The van der Waals surface area contributed by atoms with Crippen molar-refractivity contribution in [3.8, 4) is 5.75 Å². The van der Waals surface area contributed by atoms with E-state index in [4.69, 9.17) is 21.1 Å². The molecule has 0 aliphatic rings. The maximum Gasteiger partial charge on any atom is 0.344 e. The van der Waals surface area contributed by atoms with Crippen molar-refractivity contribution in [1.82, 2.24) is 0 Å². The molecule has 1 N–H and O–H groups in total. The molecular weight excluding hydrogens is 390 g/mol. The Morgan fingerprint density at radius 3 is 2.28 bits per heavy atom. The number of ether oxygens (including phenoxy) is 2. The maximum atomic E-state index is 12.2. The molecule has 0 radical (unpaired) electrons. The van der Waals surface area contributed by atoms with E-state index in [1.54, 1.807) is 24.3 Å². The second-order valence-corrected chi connectivity index (χ2v) is 6.71. The van der Waals surface area contributed by atoms with Crippen LogP contribution < -0.4 is 10.1 Å². The molecule has 0 aromatic heterocycles. The summed E-state index contributed by atoms with van der Waals surface area (Å²) in [4.78, 5) is 24.0. The molecule has 0 atom stereocenters. The summed E-state index contributed by atoms with van der Waals surface area (Å²) in [6, 6.07) is 24.1. The van der Waals surface area contributed by atoms with Crippen molar-refractivity contribution in [2.75, 3.05) is 18.5 Å². The molecule has 0 unspecified atom stereocenters. The van der Waals surface area contributed by atoms with Gasteiger partial charge in [0, 0.05) is 10.7 Å². The standard InChI is InChI=1S/C23H20ClNO4/c24-19-10-12-20(13-11-19)28-16-23(27)29-15-22(26)25-21-9-5-4-8-18(21)14-17-6-2-1-3-7-17/h1-13H,14-16H2,(H,25,26). The number of carbonyl (C=O) groups is 2. The van der Waals surface area contributed by atoms with Crippen LogP contribution in [0.2, 0.25) is 5.02 Å². The second kappa shape index (κ2) is 10.3. The highest BCUT2D eigenvalue weighted by Crippen LogP contribution is 2.19. The molecule has 0 aliphatic heterocycles. The molecule has 0 aliphatic carbocycles. The minimum absolute atomic E-state index is 0.292. The lowest BCUT2D eigenvalue weighted by Crippen LogP contribution is -2.24. The number of halogens is 1. The van der Waals surface area contributed by atoms with Crippen molar-refractivity contribution < 1.29 is 19.1 Å². The van der Waals surface area contributed by atoms with Gasteiger partial charge in [0.15, 0.2) is 13.2 Å². The van der Waals surface area contributed by atoms with Crippen LogP contribution >= 0.6 is 11.6 Å². The van der Waals surface area contributed by atoms with E-state index in [0.29, 0.717) is 22.9 Å². The Hall–Kier alpha value is -3.31. The Morgan fingerprint density at radius 2 is 1.52 bits per heavy atom. The molecule has 148 valence electrons. The van der Waals surface area contributed by atoms with E-state index in [0.717, 1.165) is 11.1 Å². The summed E-state index contributed by atoms with van der Waals surface area (Å²) < 4.78 is 10.3. The van der Waals surface area contributed by atoms with E-state index in [1.807, 2.05) is 54.6 Å². The van der Waals surface area contributed by atoms with E-state index >= 15 is 0 Å². The molecule has 0 bridgehead atoms. The highest BCUT2D eigenvalue weighted by molar-refractivity contribution is 6.30. The Bertz CT molecular complexity index is 958. The van der Waals surface area contributed by atoms with Gasteiger partial charge in [-0.15, -0.1) is 0 Å². The number of para-hydroxylation sites is 1. The van der Waals surface area contributed by atoms with E-state index < -0.39 is 11.9 Å². The van der Waals surface area contributed by atoms with Gasteiger partial charge in [0.1, 0.15) is 5.75 Å². The Balaban J connectivity index is 1.48. The van der Waals surface area contributed by atoms with Gasteiger partial charge < -0.3 is 14.8 Å². The fourth-order valence-corrected chi connectivity index (χ4v) is 2.79. The summed E-state index contributed by atoms with van der Waals surface area (Å²) in [5.74, 6) is -0.552. The van der Waals surface area contributed by atoms with Crippen molar-refractivity contribution in [1.29, 1.82) is 0 Å². The fraction of sp³-hybridized carbons (Fsp3) is 0.130. The predicted octanol–water partition coefficient (Wildman–Crippen LogP) is 4.49. The molecule has 1 amide bonds. The molecule has 0 saturated heterocycles. The molecule has 3 aromatic rings. The van der Waals surface area contributed by atoms with Gasteiger partial charge >= 0.3 is 5.97 Å². The highest BCUT2D eigenvalue weighted by atomic mass is 35.5. The molecule has 29 heavy (non-hydrogen) atoms. The van der Waals surface area contributed by atoms with Crippen LogP contribution in [0.3, 0.4) is 0 Å². The summed E-state index contributed by atoms with van der Waals surface area (Å²) in [6.07, 6.45) is 0.687. The Morgan fingerprint density at radius 1 is 0.828 bits per heavy atom. The minimum atomic E-state index is -0.632. The molecule has 3 aromatic carbocycles. The first kappa shape index (κ1) is 20.4. The van der Waals surface area contributed by atoms with Crippen LogP contribution in [0.15, 0.2) is 78.9 Å². The number of rotatable bonds is 8. The van der Waals surface area contributed by atoms with Crippen LogP contribution in [-0.2, 0) is 20.7 Å². The smallest absolute Gasteiger partial charge is 0.344 e. The Kier molecular flexibility index (Phi) is 7.25. The van der Waals surface area contributed by atoms with Crippen LogP contribution in [0.4, 0.5) is 5.69 Å². The monoisotopic (exact) mass is 409 g/mol. The third-order valence-corrected chi connectivity index (χ3v) is 4.32. The first-order valence-electron chi connectivity index (χ1n) is 9.06. The molecule has 5 nitrogen and oxygen atoms in total. The number of carbonyl (C=O) groups excluding carboxylic acids is 2. The number of anilines is 1. The largest absolute Gasteiger partial charge is 0.482 e. The van der Waals surface area contributed by atoms with Gasteiger partial charge in [-0.2, -0.15) is 0 Å². The number of amides is 1. The van der Waals surface area contributed by atoms with Gasteiger partial charge in [0.25, 0.3) is 5.91 Å². The number of hydrogen-bond acceptors (Lipinski definition) is 4. The van der Waals surface area contributed by atoms with Gasteiger partial charge in [0.2, 0.25) is 0 Å². The van der Waals surface area contributed by atoms with Gasteiger partial charge in [-0.05, 0) is 47.9 Å². The number of nitrogens with one attached hydrogen (secondary N) is 1. The summed E-state index contributed by atoms with van der Waals surface area (Å²) in [5, 5.41) is 3.37. The molecule has 6 heteroatoms. The van der Waals surface area contributed by atoms with E-state index in [1.165, 1.54) is 0 Å². The van der Waals surface area contributed by atoms with Gasteiger partial charge in [-0.3, -0.25) is 4.79 Å². The maximum absolute atomic E-state index is 12.2. The zero-order valence-electron chi connectivity index (χ0n) is 15.6. The second-order valence-electron chi connectivity index (χ2n) is 6.27. The average molecular weight is 410 g/mol. The average Bonchev–Trinajstić information content (AvgIpc) is 2.74. The lowest BCUT2D eigenvalue weighted by molar-refractivity contribution is -0.149. The highest BCUT2D eigenvalue weighted by Gasteiger charge is 2.11. The number of benzene rings is 3. The predicted molar refractivity (Wildman–Crippen MR) is 112 cm³/mol. The van der Waals surface area contributed by atoms with Crippen LogP contribution in [0.1, 0.15) is 11.1 Å². The van der Waals surface area contributed by atoms with Crippen LogP contribution in [0.5, 0.6) is 5.75 Å². The van der Waals surface area contributed by atoms with Crippen molar-refractivity contribution >= 4 is 29.2 Å². The SMILES string of the molecule is O=C(COC(=O)COc1ccc(Cl)cc1)Nc1ccccc1Cc1ccccc1. The molecule has 0 fully saturated rings. The number of hydrogen-bond donors (Lipinski definition) is 1. The van der Waals surface area contributed by atoms with Crippen molar-refractivity contribution in [3.63, 3.8) is 0 Å². The molecule has 3 rings (SSSR count). The summed E-state index contributed by atoms with van der Waals surface area (Å²) in [7, 11) is 0. The Labute approximate surface area is 174 Å². The zero-order chi connectivity index (χ0) is 20.5. The van der Waals surface area contributed by atoms with Gasteiger partial charge in [-0.1, -0.05) is 60.1 Å². The molecule has 0 spiro atoms. The van der Waals surface area contributed by atoms with Crippen molar-refractivity contribution in [2.24, 2.45) is 0 Å². The zero-order valence-corrected chi connectivity index (χ0v) is 16.4. The molecular formula is C23H20ClNO4. The van der Waals surface area contributed by atoms with Crippen LogP contribution in [0, 0.1) is 0 Å². The van der Waals surface area contributed by atoms with E-state index in [2.05, 4.69) is 5.32 Å². The van der Waals surface area contributed by atoms with Crippen molar-refractivity contribution in [2.45, 2.75) is 6.42 Å². The third-order valence-electron chi connectivity index (χ3n) is 4.06. The first-order chi connectivity index (χ1) is 14.1. The lowest BCUT2D eigenvalue weighted by Gasteiger charge is -2.12. The lowest BCUT2D eigenvalue weighted by atomic mass is 10.0. The van der Waals surface area contributed by atoms with E-state index in [-0.39, 0.29) is 13.2 Å². The summed E-state index contributed by atoms with van der Waals surface area (Å²) in [6.45, 7) is -0.679. The quantitative estimate of drug-likeness (QED) is 0.557. The third kappa shape index (κ3) is 6.66. The fourth-order valence-electron chi connectivity index (χ4n) is 2.66. The number of esters is 1. The molecule has 0 heterocycles. The minimum Gasteiger partial charge on any atom is -0.482 e. The van der Waals surface area contributed by atoms with Gasteiger partial charge in [-0.25, -0.2) is 4.79 Å². The van der Waals surface area contributed by atoms with E-state index in [9.17, 15) is 9.59 Å². The summed E-state index contributed by atoms with van der Waals surface area (Å²) in [5.41, 5.74) is 2.80. The summed E-state index contributed by atoms with van der Waals surface area (Å²) >= 11 is 5.79. The molecule has 0 saturated carbocycles. The van der Waals surface area contributed by atoms with Crippen LogP contribution in [0.25, 0.3) is 0 Å². The van der Waals surface area contributed by atoms with Gasteiger partial charge in [0.05, 0.1) is 0 Å². The topological polar surface area (TPSA) is 64.6 Å².